The molecular weight excluding hydrogens is 392 g/mol. The topological polar surface area (TPSA) is 76.7 Å². The largest absolute Gasteiger partial charge is 0.481 e. The van der Waals surface area contributed by atoms with Crippen LogP contribution in [0.15, 0.2) is 78.9 Å². The molecule has 0 aliphatic heterocycles. The molecule has 3 aromatic rings. The minimum atomic E-state index is -0.681. The van der Waals surface area contributed by atoms with E-state index in [-0.39, 0.29) is 11.8 Å². The van der Waals surface area contributed by atoms with E-state index in [1.165, 1.54) is 0 Å². The second-order valence-electron chi connectivity index (χ2n) is 7.15. The Kier molecular flexibility index (Phi) is 7.27. The summed E-state index contributed by atoms with van der Waals surface area (Å²) in [6.07, 6.45) is -1.36. The summed E-state index contributed by atoms with van der Waals surface area (Å²) < 4.78 is 11.3. The number of hydrogen-bond acceptors (Lipinski definition) is 4. The van der Waals surface area contributed by atoms with Gasteiger partial charge in [-0.1, -0.05) is 42.5 Å². The van der Waals surface area contributed by atoms with Crippen LogP contribution < -0.4 is 20.1 Å². The molecule has 31 heavy (non-hydrogen) atoms. The zero-order valence-electron chi connectivity index (χ0n) is 17.8. The Labute approximate surface area is 182 Å². The van der Waals surface area contributed by atoms with Crippen molar-refractivity contribution < 1.29 is 19.1 Å². The van der Waals surface area contributed by atoms with Gasteiger partial charge in [-0.25, -0.2) is 0 Å². The van der Waals surface area contributed by atoms with Crippen LogP contribution in [-0.4, -0.2) is 24.0 Å². The maximum Gasteiger partial charge on any atom is 0.265 e. The third-order valence-corrected chi connectivity index (χ3v) is 4.61. The number of hydrogen-bond donors (Lipinski definition) is 2. The first-order chi connectivity index (χ1) is 14.9. The summed E-state index contributed by atoms with van der Waals surface area (Å²) in [5.41, 5.74) is 2.03. The lowest BCUT2D eigenvalue weighted by atomic mass is 10.1. The first kappa shape index (κ1) is 21.9. The first-order valence-electron chi connectivity index (χ1n) is 10.1. The SMILES string of the molecule is Cc1ccc(NC(=O)[C@H](C)Oc2ccccc2)cc1NC(=O)[C@@H](C)Oc1ccccc1. The van der Waals surface area contributed by atoms with Crippen molar-refractivity contribution in [3.8, 4) is 11.5 Å². The number of anilines is 2. The highest BCUT2D eigenvalue weighted by Crippen LogP contribution is 2.22. The van der Waals surface area contributed by atoms with Crippen LogP contribution in [0, 0.1) is 6.92 Å². The fourth-order valence-corrected chi connectivity index (χ4v) is 2.83. The highest BCUT2D eigenvalue weighted by molar-refractivity contribution is 5.97. The predicted octanol–water partition coefficient (Wildman–Crippen LogP) is 4.81. The van der Waals surface area contributed by atoms with Gasteiger partial charge in [0.25, 0.3) is 11.8 Å². The minimum absolute atomic E-state index is 0.281. The van der Waals surface area contributed by atoms with Crippen molar-refractivity contribution in [2.24, 2.45) is 0 Å². The van der Waals surface area contributed by atoms with Crippen molar-refractivity contribution in [2.75, 3.05) is 10.6 Å². The van der Waals surface area contributed by atoms with Gasteiger partial charge in [-0.2, -0.15) is 0 Å². The molecule has 2 amide bonds. The molecule has 0 aliphatic carbocycles. The van der Waals surface area contributed by atoms with Gasteiger partial charge in [0.05, 0.1) is 0 Å². The average molecular weight is 418 g/mol. The number of aryl methyl sites for hydroxylation is 1. The number of nitrogens with one attached hydrogen (secondary N) is 2. The number of carbonyl (C=O) groups excluding carboxylic acids is 2. The smallest absolute Gasteiger partial charge is 0.265 e. The standard InChI is InChI=1S/C25H26N2O4/c1-17-14-15-20(26-24(28)18(2)30-21-10-6-4-7-11-21)16-23(17)27-25(29)19(3)31-22-12-8-5-9-13-22/h4-16,18-19H,1-3H3,(H,26,28)(H,27,29)/t18-,19+/m0/s1. The third-order valence-electron chi connectivity index (χ3n) is 4.61. The maximum atomic E-state index is 12.6. The Bertz CT molecular complexity index is 1020. The molecule has 0 bridgehead atoms. The average Bonchev–Trinajstić information content (AvgIpc) is 2.77. The number of benzene rings is 3. The zero-order valence-corrected chi connectivity index (χ0v) is 17.8. The van der Waals surface area contributed by atoms with Crippen molar-refractivity contribution in [3.05, 3.63) is 84.4 Å². The van der Waals surface area contributed by atoms with Gasteiger partial charge < -0.3 is 20.1 Å². The highest BCUT2D eigenvalue weighted by atomic mass is 16.5. The van der Waals surface area contributed by atoms with Gasteiger partial charge in [-0.05, 0) is 62.7 Å². The molecule has 0 radical (unpaired) electrons. The van der Waals surface area contributed by atoms with Crippen LogP contribution >= 0.6 is 0 Å². The van der Waals surface area contributed by atoms with E-state index >= 15 is 0 Å². The van der Waals surface area contributed by atoms with Crippen molar-refractivity contribution >= 4 is 23.2 Å². The summed E-state index contributed by atoms with van der Waals surface area (Å²) in [4.78, 5) is 25.1. The van der Waals surface area contributed by atoms with Crippen LogP contribution in [-0.2, 0) is 9.59 Å². The van der Waals surface area contributed by atoms with Gasteiger partial charge >= 0.3 is 0 Å². The predicted molar refractivity (Wildman–Crippen MR) is 122 cm³/mol. The fraction of sp³-hybridized carbons (Fsp3) is 0.200. The molecule has 0 fully saturated rings. The lowest BCUT2D eigenvalue weighted by Gasteiger charge is -2.17. The first-order valence-corrected chi connectivity index (χ1v) is 10.1. The van der Waals surface area contributed by atoms with E-state index in [4.69, 9.17) is 9.47 Å². The molecule has 3 aromatic carbocycles. The highest BCUT2D eigenvalue weighted by Gasteiger charge is 2.18. The van der Waals surface area contributed by atoms with E-state index in [9.17, 15) is 9.59 Å². The van der Waals surface area contributed by atoms with E-state index in [2.05, 4.69) is 10.6 Å². The Balaban J connectivity index is 1.61. The molecule has 160 valence electrons. The molecule has 0 aliphatic rings. The normalized spacial score (nSPS) is 12.4. The summed E-state index contributed by atoms with van der Waals surface area (Å²) in [5.74, 6) is 0.673. The molecule has 6 heteroatoms. The fourth-order valence-electron chi connectivity index (χ4n) is 2.83. The van der Waals surface area contributed by atoms with E-state index in [1.54, 1.807) is 50.2 Å². The molecule has 2 N–H and O–H groups in total. The third kappa shape index (κ3) is 6.34. The van der Waals surface area contributed by atoms with Crippen LogP contribution in [0.4, 0.5) is 11.4 Å². The summed E-state index contributed by atoms with van der Waals surface area (Å²) in [6.45, 7) is 5.25. The molecule has 0 aromatic heterocycles. The van der Waals surface area contributed by atoms with E-state index in [0.29, 0.717) is 22.9 Å². The van der Waals surface area contributed by atoms with E-state index in [0.717, 1.165) is 5.56 Å². The second kappa shape index (κ2) is 10.3. The zero-order chi connectivity index (χ0) is 22.2. The van der Waals surface area contributed by atoms with Crippen LogP contribution in [0.1, 0.15) is 19.4 Å². The van der Waals surface area contributed by atoms with E-state index in [1.807, 2.05) is 49.4 Å². The molecule has 0 unspecified atom stereocenters. The summed E-state index contributed by atoms with van der Waals surface area (Å²) in [6, 6.07) is 23.6. The number of amides is 2. The van der Waals surface area contributed by atoms with Crippen LogP contribution in [0.5, 0.6) is 11.5 Å². The number of rotatable bonds is 8. The lowest BCUT2D eigenvalue weighted by molar-refractivity contribution is -0.122. The molecule has 0 heterocycles. The molecular formula is C25H26N2O4. The van der Waals surface area contributed by atoms with Crippen LogP contribution in [0.2, 0.25) is 0 Å². The molecule has 3 rings (SSSR count). The van der Waals surface area contributed by atoms with Crippen LogP contribution in [0.3, 0.4) is 0 Å². The molecule has 0 saturated heterocycles. The Morgan fingerprint density at radius 1 is 0.710 bits per heavy atom. The van der Waals surface area contributed by atoms with Crippen molar-refractivity contribution in [1.82, 2.24) is 0 Å². The molecule has 2 atom stereocenters. The molecule has 0 spiro atoms. The van der Waals surface area contributed by atoms with Gasteiger partial charge in [-0.15, -0.1) is 0 Å². The quantitative estimate of drug-likeness (QED) is 0.551. The molecule has 0 saturated carbocycles. The van der Waals surface area contributed by atoms with Crippen molar-refractivity contribution in [1.29, 1.82) is 0 Å². The Hall–Kier alpha value is -3.80. The van der Waals surface area contributed by atoms with Gasteiger partial charge in [-0.3, -0.25) is 9.59 Å². The number of para-hydroxylation sites is 2. The Morgan fingerprint density at radius 3 is 1.71 bits per heavy atom. The van der Waals surface area contributed by atoms with E-state index < -0.39 is 12.2 Å². The summed E-state index contributed by atoms with van der Waals surface area (Å²) >= 11 is 0. The van der Waals surface area contributed by atoms with Crippen molar-refractivity contribution in [2.45, 2.75) is 33.0 Å². The molecule has 6 nitrogen and oxygen atoms in total. The Morgan fingerprint density at radius 2 is 1.19 bits per heavy atom. The van der Waals surface area contributed by atoms with Gasteiger partial charge in [0, 0.05) is 11.4 Å². The number of carbonyl (C=O) groups is 2. The maximum absolute atomic E-state index is 12.6. The monoisotopic (exact) mass is 418 g/mol. The lowest BCUT2D eigenvalue weighted by Crippen LogP contribution is -2.31. The minimum Gasteiger partial charge on any atom is -0.481 e. The van der Waals surface area contributed by atoms with Crippen molar-refractivity contribution in [3.63, 3.8) is 0 Å². The van der Waals surface area contributed by atoms with Gasteiger partial charge in [0.2, 0.25) is 0 Å². The second-order valence-corrected chi connectivity index (χ2v) is 7.15. The number of ether oxygens (including phenoxy) is 2. The van der Waals surface area contributed by atoms with Gasteiger partial charge in [0.1, 0.15) is 11.5 Å². The van der Waals surface area contributed by atoms with Gasteiger partial charge in [0.15, 0.2) is 12.2 Å². The summed E-state index contributed by atoms with van der Waals surface area (Å²) in [7, 11) is 0. The summed E-state index contributed by atoms with van der Waals surface area (Å²) in [5, 5.41) is 5.69. The van der Waals surface area contributed by atoms with Crippen LogP contribution in [0.25, 0.3) is 0 Å².